The van der Waals surface area contributed by atoms with Gasteiger partial charge in [-0.05, 0) is 31.9 Å². The van der Waals surface area contributed by atoms with Crippen LogP contribution in [0.25, 0.3) is 5.57 Å². The lowest BCUT2D eigenvalue weighted by Crippen LogP contribution is -2.49. The number of hydrogen-bond donors (Lipinski definition) is 1. The molecule has 0 spiro atoms. The van der Waals surface area contributed by atoms with Crippen LogP contribution in [0.3, 0.4) is 0 Å². The first-order chi connectivity index (χ1) is 7.27. The van der Waals surface area contributed by atoms with Crippen LogP contribution in [0.4, 0.5) is 0 Å². The Balaban J connectivity index is 2.05. The van der Waals surface area contributed by atoms with Gasteiger partial charge in [-0.25, -0.2) is 4.98 Å². The molecule has 1 aliphatic heterocycles. The first kappa shape index (κ1) is 9.51. The minimum atomic E-state index is 0.180. The predicted octanol–water partition coefficient (Wildman–Crippen LogP) is 1.46. The van der Waals surface area contributed by atoms with Crippen LogP contribution in [-0.4, -0.2) is 29.1 Å². The third-order valence-corrected chi connectivity index (χ3v) is 4.40. The van der Waals surface area contributed by atoms with E-state index in [2.05, 4.69) is 23.0 Å². The monoisotopic (exact) mass is 221 g/mol. The average Bonchev–Trinajstić information content (AvgIpc) is 2.71. The molecule has 3 nitrogen and oxygen atoms in total. The van der Waals surface area contributed by atoms with Crippen LogP contribution in [-0.2, 0) is 6.42 Å². The Bertz CT molecular complexity index is 410. The summed E-state index contributed by atoms with van der Waals surface area (Å²) in [4.78, 5) is 8.22. The first-order valence-corrected chi connectivity index (χ1v) is 6.25. The van der Waals surface area contributed by atoms with E-state index in [-0.39, 0.29) is 6.17 Å². The molecule has 0 aromatic carbocycles. The number of hydrogen-bond acceptors (Lipinski definition) is 4. The zero-order chi connectivity index (χ0) is 10.4. The van der Waals surface area contributed by atoms with Gasteiger partial charge in [0.15, 0.2) is 0 Å². The van der Waals surface area contributed by atoms with E-state index in [9.17, 15) is 0 Å². The van der Waals surface area contributed by atoms with E-state index >= 15 is 0 Å². The van der Waals surface area contributed by atoms with Crippen molar-refractivity contribution in [2.75, 3.05) is 7.05 Å². The summed E-state index contributed by atoms with van der Waals surface area (Å²) in [6.07, 6.45) is 5.75. The molecule has 2 heterocycles. The van der Waals surface area contributed by atoms with Gasteiger partial charge in [-0.3, -0.25) is 4.90 Å². The standard InChI is InChI=1S/C11H15N3S/c1-14-8-3-4-9-11(13-6-15-9)7(8)2-5-10(14)12/h2,6,8,10H,3-5,12H2,1H3. The highest BCUT2D eigenvalue weighted by Gasteiger charge is 2.33. The molecule has 4 heteroatoms. The Labute approximate surface area is 93.6 Å². The molecule has 1 aromatic rings. The largest absolute Gasteiger partial charge is 0.315 e. The molecule has 1 aliphatic carbocycles. The number of thiazole rings is 1. The maximum Gasteiger partial charge on any atom is 0.0815 e. The fourth-order valence-electron chi connectivity index (χ4n) is 2.57. The third kappa shape index (κ3) is 1.36. The molecule has 0 bridgehead atoms. The molecular weight excluding hydrogens is 206 g/mol. The van der Waals surface area contributed by atoms with Gasteiger partial charge in [0, 0.05) is 10.9 Å². The molecule has 0 saturated heterocycles. The molecule has 0 fully saturated rings. The fourth-order valence-corrected chi connectivity index (χ4v) is 3.37. The van der Waals surface area contributed by atoms with E-state index in [1.54, 1.807) is 11.3 Å². The van der Waals surface area contributed by atoms with Crippen molar-refractivity contribution in [3.8, 4) is 0 Å². The summed E-state index contributed by atoms with van der Waals surface area (Å²) in [6, 6.07) is 0.489. The summed E-state index contributed by atoms with van der Waals surface area (Å²) in [5, 5.41) is 0. The van der Waals surface area contributed by atoms with Crippen molar-refractivity contribution >= 4 is 16.9 Å². The van der Waals surface area contributed by atoms with Gasteiger partial charge in [-0.15, -0.1) is 11.3 Å². The van der Waals surface area contributed by atoms with Crippen molar-refractivity contribution in [2.45, 2.75) is 31.5 Å². The lowest BCUT2D eigenvalue weighted by molar-refractivity contribution is 0.192. The molecule has 0 radical (unpaired) electrons. The molecule has 2 unspecified atom stereocenters. The summed E-state index contributed by atoms with van der Waals surface area (Å²) in [6.45, 7) is 0. The van der Waals surface area contributed by atoms with Crippen LogP contribution >= 0.6 is 11.3 Å². The Morgan fingerprint density at radius 2 is 2.47 bits per heavy atom. The van der Waals surface area contributed by atoms with Crippen molar-refractivity contribution in [3.63, 3.8) is 0 Å². The molecule has 0 amide bonds. The molecule has 2 aliphatic rings. The van der Waals surface area contributed by atoms with Gasteiger partial charge in [0.05, 0.1) is 17.4 Å². The maximum atomic E-state index is 6.04. The Morgan fingerprint density at radius 3 is 3.33 bits per heavy atom. The lowest BCUT2D eigenvalue weighted by atomic mass is 9.87. The van der Waals surface area contributed by atoms with Crippen LogP contribution in [0.15, 0.2) is 11.6 Å². The Morgan fingerprint density at radius 1 is 1.60 bits per heavy atom. The smallest absolute Gasteiger partial charge is 0.0815 e. The second kappa shape index (κ2) is 3.40. The minimum Gasteiger partial charge on any atom is -0.315 e. The van der Waals surface area contributed by atoms with Crippen LogP contribution in [0.1, 0.15) is 23.4 Å². The van der Waals surface area contributed by atoms with E-state index in [1.165, 1.54) is 22.6 Å². The highest BCUT2D eigenvalue weighted by Crippen LogP contribution is 2.37. The van der Waals surface area contributed by atoms with E-state index in [0.717, 1.165) is 12.8 Å². The summed E-state index contributed by atoms with van der Waals surface area (Å²) in [7, 11) is 2.12. The lowest BCUT2D eigenvalue weighted by Gasteiger charge is -2.39. The minimum absolute atomic E-state index is 0.180. The molecule has 15 heavy (non-hydrogen) atoms. The van der Waals surface area contributed by atoms with Gasteiger partial charge in [0.1, 0.15) is 0 Å². The van der Waals surface area contributed by atoms with Gasteiger partial charge in [0.25, 0.3) is 0 Å². The number of nitrogens with two attached hydrogens (primary N) is 1. The van der Waals surface area contributed by atoms with Crippen molar-refractivity contribution in [2.24, 2.45) is 5.73 Å². The highest BCUT2D eigenvalue weighted by molar-refractivity contribution is 7.09. The molecule has 80 valence electrons. The molecule has 2 N–H and O–H groups in total. The predicted molar refractivity (Wildman–Crippen MR) is 62.6 cm³/mol. The average molecular weight is 221 g/mol. The summed E-state index contributed by atoms with van der Waals surface area (Å²) in [5.41, 5.74) is 10.6. The van der Waals surface area contributed by atoms with Gasteiger partial charge < -0.3 is 5.73 Å². The highest BCUT2D eigenvalue weighted by atomic mass is 32.1. The van der Waals surface area contributed by atoms with Crippen molar-refractivity contribution in [1.82, 2.24) is 9.88 Å². The number of nitrogens with zero attached hydrogens (tertiary/aromatic N) is 2. The van der Waals surface area contributed by atoms with Crippen LogP contribution in [0.5, 0.6) is 0 Å². The van der Waals surface area contributed by atoms with E-state index in [1.807, 2.05) is 5.51 Å². The van der Waals surface area contributed by atoms with Crippen LogP contribution in [0, 0.1) is 0 Å². The Hall–Kier alpha value is -0.710. The number of likely N-dealkylation sites (N-methyl/N-ethyl adjacent to an activating group) is 1. The summed E-state index contributed by atoms with van der Waals surface area (Å²) in [5.74, 6) is 0. The SMILES string of the molecule is CN1C(N)CC=C2c3ncsc3CCC21. The van der Waals surface area contributed by atoms with Crippen molar-refractivity contribution < 1.29 is 0 Å². The normalized spacial score (nSPS) is 30.7. The number of rotatable bonds is 0. The molecule has 3 rings (SSSR count). The fraction of sp³-hybridized carbons (Fsp3) is 0.545. The zero-order valence-corrected chi connectivity index (χ0v) is 9.63. The summed E-state index contributed by atoms with van der Waals surface area (Å²) < 4.78 is 0. The second-order valence-electron chi connectivity index (χ2n) is 4.31. The zero-order valence-electron chi connectivity index (χ0n) is 8.81. The number of fused-ring (bicyclic) bond motifs is 3. The second-order valence-corrected chi connectivity index (χ2v) is 5.25. The molecule has 2 atom stereocenters. The number of aryl methyl sites for hydroxylation is 1. The number of aromatic nitrogens is 1. The first-order valence-electron chi connectivity index (χ1n) is 5.37. The molecule has 0 saturated carbocycles. The topological polar surface area (TPSA) is 42.1 Å². The van der Waals surface area contributed by atoms with E-state index in [4.69, 9.17) is 5.73 Å². The van der Waals surface area contributed by atoms with Crippen molar-refractivity contribution in [1.29, 1.82) is 0 Å². The molecular formula is C11H15N3S. The van der Waals surface area contributed by atoms with Gasteiger partial charge in [-0.1, -0.05) is 6.08 Å². The summed E-state index contributed by atoms with van der Waals surface area (Å²) >= 11 is 1.78. The van der Waals surface area contributed by atoms with Crippen LogP contribution < -0.4 is 5.73 Å². The van der Waals surface area contributed by atoms with E-state index < -0.39 is 0 Å². The third-order valence-electron chi connectivity index (χ3n) is 3.51. The van der Waals surface area contributed by atoms with Crippen molar-refractivity contribution in [3.05, 3.63) is 22.2 Å². The molecule has 1 aromatic heterocycles. The maximum absolute atomic E-state index is 6.04. The van der Waals surface area contributed by atoms with Gasteiger partial charge in [0.2, 0.25) is 0 Å². The van der Waals surface area contributed by atoms with E-state index in [0.29, 0.717) is 6.04 Å². The van der Waals surface area contributed by atoms with Gasteiger partial charge >= 0.3 is 0 Å². The van der Waals surface area contributed by atoms with Gasteiger partial charge in [-0.2, -0.15) is 0 Å². The quantitative estimate of drug-likeness (QED) is 0.721. The Kier molecular flexibility index (Phi) is 2.16. The van der Waals surface area contributed by atoms with Crippen LogP contribution in [0.2, 0.25) is 0 Å².